The van der Waals surface area contributed by atoms with Gasteiger partial charge >= 0.3 is 0 Å². The largest absolute Gasteiger partial charge is 0.353 e. The van der Waals surface area contributed by atoms with Gasteiger partial charge in [0.25, 0.3) is 11.1 Å². The molecule has 0 bridgehead atoms. The topological polar surface area (TPSA) is 98.9 Å². The molecule has 0 spiro atoms. The van der Waals surface area contributed by atoms with Crippen LogP contribution >= 0.6 is 11.3 Å². The number of thiophene rings is 1. The molecule has 1 N–H and O–H groups in total. The fraction of sp³-hybridized carbons (Fsp3) is 0.208. The van der Waals surface area contributed by atoms with Crippen LogP contribution in [0.15, 0.2) is 75.6 Å². The Kier molecular flexibility index (Phi) is 6.89. The number of amides is 1. The lowest BCUT2D eigenvalue weighted by Crippen LogP contribution is -2.36. The molecule has 0 fully saturated rings. The third-order valence-corrected chi connectivity index (χ3v) is 6.00. The van der Waals surface area contributed by atoms with E-state index in [1.165, 1.54) is 33.7 Å². The van der Waals surface area contributed by atoms with E-state index in [9.17, 15) is 14.4 Å². The Morgan fingerprint density at radius 3 is 2.30 bits per heavy atom. The van der Waals surface area contributed by atoms with Gasteiger partial charge in [-0.05, 0) is 35.6 Å². The van der Waals surface area contributed by atoms with E-state index in [1.807, 2.05) is 41.8 Å². The monoisotopic (exact) mass is 461 g/mol. The van der Waals surface area contributed by atoms with Crippen LogP contribution in [0.4, 0.5) is 0 Å². The standard InChI is InChI=1S/C24H23N5O3S/c1-2-17-5-7-18(8-6-17)19-9-11-24(32)29(26-19)16-22(30)25-13-14-28-23(31)12-10-20(27-28)21-4-3-15-33-21/h3-12,15H,2,13-14,16H2,1H3,(H,25,30). The van der Waals surface area contributed by atoms with Crippen LogP contribution < -0.4 is 16.4 Å². The average molecular weight is 462 g/mol. The van der Waals surface area contributed by atoms with Crippen molar-refractivity contribution in [1.29, 1.82) is 0 Å². The van der Waals surface area contributed by atoms with Crippen LogP contribution in [0.5, 0.6) is 0 Å². The number of benzene rings is 1. The number of carbonyl (C=O) groups is 1. The number of hydrogen-bond donors (Lipinski definition) is 1. The molecule has 1 aromatic carbocycles. The van der Waals surface area contributed by atoms with Crippen molar-refractivity contribution in [3.63, 3.8) is 0 Å². The van der Waals surface area contributed by atoms with Gasteiger partial charge < -0.3 is 5.32 Å². The van der Waals surface area contributed by atoms with Crippen LogP contribution in [0.1, 0.15) is 12.5 Å². The van der Waals surface area contributed by atoms with E-state index in [0.717, 1.165) is 21.5 Å². The number of aromatic nitrogens is 4. The van der Waals surface area contributed by atoms with Crippen molar-refractivity contribution in [1.82, 2.24) is 24.9 Å². The molecule has 8 nitrogen and oxygen atoms in total. The third-order valence-electron chi connectivity index (χ3n) is 5.10. The van der Waals surface area contributed by atoms with E-state index >= 15 is 0 Å². The lowest BCUT2D eigenvalue weighted by Gasteiger charge is -2.10. The minimum atomic E-state index is -0.370. The van der Waals surface area contributed by atoms with E-state index in [-0.39, 0.29) is 36.7 Å². The smallest absolute Gasteiger partial charge is 0.267 e. The summed E-state index contributed by atoms with van der Waals surface area (Å²) < 4.78 is 2.46. The van der Waals surface area contributed by atoms with Gasteiger partial charge in [-0.1, -0.05) is 37.3 Å². The first-order chi connectivity index (χ1) is 16.0. The maximum atomic E-state index is 12.4. The lowest BCUT2D eigenvalue weighted by atomic mass is 10.1. The zero-order valence-corrected chi connectivity index (χ0v) is 18.9. The van der Waals surface area contributed by atoms with E-state index < -0.39 is 0 Å². The van der Waals surface area contributed by atoms with Crippen molar-refractivity contribution in [3.05, 3.63) is 92.3 Å². The Balaban J connectivity index is 1.39. The maximum absolute atomic E-state index is 12.4. The molecular weight excluding hydrogens is 438 g/mol. The van der Waals surface area contributed by atoms with Crippen molar-refractivity contribution in [2.45, 2.75) is 26.4 Å². The number of aryl methyl sites for hydroxylation is 1. The van der Waals surface area contributed by atoms with Gasteiger partial charge in [-0.3, -0.25) is 14.4 Å². The maximum Gasteiger partial charge on any atom is 0.267 e. The second-order valence-electron chi connectivity index (χ2n) is 7.37. The van der Waals surface area contributed by atoms with Crippen molar-refractivity contribution in [2.24, 2.45) is 0 Å². The number of nitrogens with one attached hydrogen (secondary N) is 1. The Labute approximate surface area is 194 Å². The summed E-state index contributed by atoms with van der Waals surface area (Å²) in [5, 5.41) is 13.4. The van der Waals surface area contributed by atoms with Gasteiger partial charge in [-0.25, -0.2) is 9.36 Å². The SMILES string of the molecule is CCc1ccc(-c2ccc(=O)n(CC(=O)NCCn3nc(-c4cccs4)ccc3=O)n2)cc1. The Hall–Kier alpha value is -3.85. The van der Waals surface area contributed by atoms with E-state index in [0.29, 0.717) is 11.4 Å². The molecule has 0 saturated heterocycles. The molecule has 3 heterocycles. The normalized spacial score (nSPS) is 10.8. The van der Waals surface area contributed by atoms with E-state index in [2.05, 4.69) is 22.4 Å². The van der Waals surface area contributed by atoms with Gasteiger partial charge in [-0.2, -0.15) is 10.2 Å². The zero-order chi connectivity index (χ0) is 23.2. The summed E-state index contributed by atoms with van der Waals surface area (Å²) in [6, 6.07) is 18.0. The Morgan fingerprint density at radius 2 is 1.61 bits per heavy atom. The summed E-state index contributed by atoms with van der Waals surface area (Å²) in [6.45, 7) is 2.29. The predicted octanol–water partition coefficient (Wildman–Crippen LogP) is 2.57. The number of hydrogen-bond acceptors (Lipinski definition) is 6. The molecule has 4 rings (SSSR count). The summed E-state index contributed by atoms with van der Waals surface area (Å²) in [5.74, 6) is -0.370. The van der Waals surface area contributed by atoms with Crippen molar-refractivity contribution >= 4 is 17.2 Å². The molecule has 3 aromatic heterocycles. The molecule has 4 aromatic rings. The summed E-state index contributed by atoms with van der Waals surface area (Å²) in [6.07, 6.45) is 0.938. The molecule has 0 atom stereocenters. The molecule has 9 heteroatoms. The molecular formula is C24H23N5O3S. The molecule has 1 amide bonds. The molecule has 0 aliphatic heterocycles. The summed E-state index contributed by atoms with van der Waals surface area (Å²) in [5.41, 5.74) is 2.80. The fourth-order valence-corrected chi connectivity index (χ4v) is 3.98. The van der Waals surface area contributed by atoms with Crippen molar-refractivity contribution < 1.29 is 4.79 Å². The van der Waals surface area contributed by atoms with Gasteiger partial charge in [0.15, 0.2) is 0 Å². The second-order valence-corrected chi connectivity index (χ2v) is 8.32. The first-order valence-electron chi connectivity index (χ1n) is 10.6. The lowest BCUT2D eigenvalue weighted by molar-refractivity contribution is -0.121. The summed E-state index contributed by atoms with van der Waals surface area (Å²) in [7, 11) is 0. The number of rotatable bonds is 8. The highest BCUT2D eigenvalue weighted by atomic mass is 32.1. The fourth-order valence-electron chi connectivity index (χ4n) is 3.29. The number of nitrogens with zero attached hydrogens (tertiary/aromatic N) is 4. The molecule has 0 aliphatic carbocycles. The van der Waals surface area contributed by atoms with Crippen LogP contribution in [0.25, 0.3) is 21.8 Å². The van der Waals surface area contributed by atoms with Gasteiger partial charge in [0.1, 0.15) is 12.2 Å². The van der Waals surface area contributed by atoms with Crippen LogP contribution in [0, 0.1) is 0 Å². The van der Waals surface area contributed by atoms with E-state index in [4.69, 9.17) is 0 Å². The summed E-state index contributed by atoms with van der Waals surface area (Å²) in [4.78, 5) is 37.7. The zero-order valence-electron chi connectivity index (χ0n) is 18.1. The highest BCUT2D eigenvalue weighted by Gasteiger charge is 2.09. The predicted molar refractivity (Wildman–Crippen MR) is 128 cm³/mol. The average Bonchev–Trinajstić information content (AvgIpc) is 3.37. The Bertz CT molecular complexity index is 1360. The first-order valence-corrected chi connectivity index (χ1v) is 11.5. The minimum absolute atomic E-state index is 0.201. The minimum Gasteiger partial charge on any atom is -0.353 e. The van der Waals surface area contributed by atoms with Gasteiger partial charge in [-0.15, -0.1) is 11.3 Å². The van der Waals surface area contributed by atoms with Crippen LogP contribution in [-0.4, -0.2) is 32.0 Å². The Morgan fingerprint density at radius 1 is 0.909 bits per heavy atom. The second kappa shape index (κ2) is 10.2. The van der Waals surface area contributed by atoms with Gasteiger partial charge in [0.05, 0.1) is 17.1 Å². The highest BCUT2D eigenvalue weighted by molar-refractivity contribution is 7.13. The molecule has 0 saturated carbocycles. The van der Waals surface area contributed by atoms with Crippen molar-refractivity contribution in [3.8, 4) is 21.8 Å². The molecule has 0 unspecified atom stereocenters. The van der Waals surface area contributed by atoms with E-state index in [1.54, 1.807) is 12.1 Å². The van der Waals surface area contributed by atoms with Crippen LogP contribution in [0.2, 0.25) is 0 Å². The van der Waals surface area contributed by atoms with Gasteiger partial charge in [0, 0.05) is 24.2 Å². The molecule has 33 heavy (non-hydrogen) atoms. The highest BCUT2D eigenvalue weighted by Crippen LogP contribution is 2.21. The summed E-state index contributed by atoms with van der Waals surface area (Å²) >= 11 is 1.54. The first kappa shape index (κ1) is 22.3. The number of carbonyl (C=O) groups excluding carboxylic acids is 1. The van der Waals surface area contributed by atoms with Gasteiger partial charge in [0.2, 0.25) is 5.91 Å². The van der Waals surface area contributed by atoms with Crippen LogP contribution in [-0.2, 0) is 24.3 Å². The molecule has 168 valence electrons. The van der Waals surface area contributed by atoms with Crippen LogP contribution in [0.3, 0.4) is 0 Å². The molecule has 0 aliphatic rings. The quantitative estimate of drug-likeness (QED) is 0.435. The molecule has 0 radical (unpaired) electrons. The third kappa shape index (κ3) is 5.50. The van der Waals surface area contributed by atoms with Crippen molar-refractivity contribution in [2.75, 3.05) is 6.54 Å².